The van der Waals surface area contributed by atoms with E-state index in [9.17, 15) is 29.4 Å². The van der Waals surface area contributed by atoms with Crippen LogP contribution >= 0.6 is 0 Å². The molecule has 0 aromatic carbocycles. The largest absolute Gasteiger partial charge is 2.00 e. The minimum atomic E-state index is -0.936. The van der Waals surface area contributed by atoms with Crippen LogP contribution in [0.25, 0.3) is 0 Å². The summed E-state index contributed by atoms with van der Waals surface area (Å²) < 4.78 is 0. The molecule has 0 saturated carbocycles. The first-order chi connectivity index (χ1) is 20.3. The normalized spacial score (nSPS) is 10.5. The van der Waals surface area contributed by atoms with Crippen molar-refractivity contribution in [2.45, 2.75) is 206 Å². The fourth-order valence-corrected chi connectivity index (χ4v) is 5.05. The number of rotatable bonds is 32. The van der Waals surface area contributed by atoms with Crippen molar-refractivity contribution in [3.63, 3.8) is 0 Å². The topological polar surface area (TPSA) is 114 Å². The second kappa shape index (κ2) is 38.9. The Labute approximate surface area is 278 Å². The van der Waals surface area contributed by atoms with Gasteiger partial charge in [0.05, 0.1) is 0 Å². The number of carboxylic acid groups (broad SMARTS) is 2. The van der Waals surface area contributed by atoms with Crippen molar-refractivity contribution in [3.8, 4) is 0 Å². The van der Waals surface area contributed by atoms with Crippen molar-refractivity contribution in [2.75, 3.05) is 0 Å². The third kappa shape index (κ3) is 45.5. The first kappa shape index (κ1) is 46.3. The molecule has 0 heterocycles. The molecule has 0 N–H and O–H groups in total. The summed E-state index contributed by atoms with van der Waals surface area (Å²) in [6, 6.07) is 0. The fraction of sp³-hybridized carbons (Fsp3) is 0.889. The fourth-order valence-electron chi connectivity index (χ4n) is 5.05. The zero-order valence-corrected chi connectivity index (χ0v) is 31.3. The predicted octanol–water partition coefficient (Wildman–Crippen LogP) is 8.35. The molecule has 0 aromatic heterocycles. The van der Waals surface area contributed by atoms with Crippen molar-refractivity contribution in [1.82, 2.24) is 0 Å². The van der Waals surface area contributed by atoms with E-state index < -0.39 is 11.9 Å². The van der Waals surface area contributed by atoms with Crippen molar-refractivity contribution in [3.05, 3.63) is 0 Å². The molecule has 0 aromatic rings. The Morgan fingerprint density at radius 1 is 0.326 bits per heavy atom. The summed E-state index contributed by atoms with van der Waals surface area (Å²) in [5, 5.41) is 20.4. The maximum atomic E-state index is 11.6. The van der Waals surface area contributed by atoms with E-state index in [-0.39, 0.29) is 32.3 Å². The van der Waals surface area contributed by atoms with E-state index in [0.29, 0.717) is 11.6 Å². The second-order valence-electron chi connectivity index (χ2n) is 12.1. The first-order valence-corrected chi connectivity index (χ1v) is 17.8. The molecule has 0 aliphatic rings. The van der Waals surface area contributed by atoms with E-state index >= 15 is 0 Å². The van der Waals surface area contributed by atoms with Gasteiger partial charge in [0.25, 0.3) is 0 Å². The van der Waals surface area contributed by atoms with E-state index in [0.717, 1.165) is 103 Å². The van der Waals surface area contributed by atoms with Gasteiger partial charge in [0, 0.05) is 37.6 Å². The molecule has 0 aliphatic heterocycles. The quantitative estimate of drug-likeness (QED) is 0.0529. The van der Waals surface area contributed by atoms with Gasteiger partial charge in [0.15, 0.2) is 0 Å². The number of unbranched alkanes of at least 4 members (excludes halogenated alkanes) is 20. The third-order valence-electron chi connectivity index (χ3n) is 7.79. The number of carbonyl (C=O) groups excluding carboxylic acids is 4. The number of hydrogen-bond donors (Lipinski definition) is 0. The Balaban J connectivity index is -0.000000727. The Bertz CT molecular complexity index is 583. The molecule has 248 valence electrons. The zero-order valence-electron chi connectivity index (χ0n) is 28.4. The van der Waals surface area contributed by atoms with Crippen LogP contribution in [0.1, 0.15) is 206 Å². The third-order valence-corrected chi connectivity index (χ3v) is 7.79. The van der Waals surface area contributed by atoms with E-state index in [1.165, 1.54) is 77.0 Å². The standard InChI is InChI=1S/2C18H34O3.Zn/c2*1-2-3-4-11-14-17(19)15-12-9-7-5-6-8-10-13-16-18(20)21;/h2*2-16H2,1H3,(H,20,21);/q;;+2/p-2. The van der Waals surface area contributed by atoms with Crippen LogP contribution in [0.5, 0.6) is 0 Å². The monoisotopic (exact) mass is 658 g/mol. The molecule has 0 amide bonds. The van der Waals surface area contributed by atoms with Crippen LogP contribution in [-0.4, -0.2) is 23.5 Å². The number of hydrogen-bond acceptors (Lipinski definition) is 6. The van der Waals surface area contributed by atoms with Crippen molar-refractivity contribution < 1.29 is 48.9 Å². The van der Waals surface area contributed by atoms with Gasteiger partial charge in [-0.1, -0.05) is 129 Å². The summed E-state index contributed by atoms with van der Waals surface area (Å²) in [6.45, 7) is 4.37. The number of carbonyl (C=O) groups is 4. The number of ketones is 2. The summed E-state index contributed by atoms with van der Waals surface area (Å²) in [7, 11) is 0. The molecule has 43 heavy (non-hydrogen) atoms. The van der Waals surface area contributed by atoms with Crippen molar-refractivity contribution in [1.29, 1.82) is 0 Å². The van der Waals surface area contributed by atoms with Crippen LogP contribution in [-0.2, 0) is 38.7 Å². The van der Waals surface area contributed by atoms with Gasteiger partial charge in [-0.15, -0.1) is 0 Å². The molecule has 7 heteroatoms. The van der Waals surface area contributed by atoms with Crippen molar-refractivity contribution in [2.24, 2.45) is 0 Å². The van der Waals surface area contributed by atoms with Gasteiger partial charge in [0.1, 0.15) is 11.6 Å². The average molecular weight is 660 g/mol. The summed E-state index contributed by atoms with van der Waals surface area (Å²) in [5.41, 5.74) is 0. The molecule has 0 fully saturated rings. The maximum Gasteiger partial charge on any atom is 2.00 e. The van der Waals surface area contributed by atoms with Gasteiger partial charge in [-0.3, -0.25) is 9.59 Å². The molecule has 0 aliphatic carbocycles. The predicted molar refractivity (Wildman–Crippen MR) is 170 cm³/mol. The molecule has 0 unspecified atom stereocenters. The zero-order chi connectivity index (χ0) is 31.5. The van der Waals surface area contributed by atoms with Gasteiger partial charge in [-0.05, 0) is 51.4 Å². The molecular weight excluding hydrogens is 594 g/mol. The Morgan fingerprint density at radius 3 is 0.721 bits per heavy atom. The molecular formula is C36H66O6Zn. The van der Waals surface area contributed by atoms with Crippen LogP contribution in [0.2, 0.25) is 0 Å². The first-order valence-electron chi connectivity index (χ1n) is 17.8. The van der Waals surface area contributed by atoms with Crippen LogP contribution in [0.3, 0.4) is 0 Å². The molecule has 6 nitrogen and oxygen atoms in total. The maximum absolute atomic E-state index is 11.6. The van der Waals surface area contributed by atoms with E-state index in [1.54, 1.807) is 0 Å². The molecule has 0 radical (unpaired) electrons. The van der Waals surface area contributed by atoms with Crippen LogP contribution in [0.15, 0.2) is 0 Å². The van der Waals surface area contributed by atoms with Gasteiger partial charge in [0.2, 0.25) is 0 Å². The molecule has 0 bridgehead atoms. The summed E-state index contributed by atoms with van der Waals surface area (Å²) in [6.07, 6.45) is 30.2. The molecule has 0 saturated heterocycles. The van der Waals surface area contributed by atoms with Crippen LogP contribution in [0.4, 0.5) is 0 Å². The van der Waals surface area contributed by atoms with E-state index in [4.69, 9.17) is 0 Å². The minimum absolute atomic E-state index is 0. The SMILES string of the molecule is CCCCCCC(=O)CCCCCCCCCCC(=O)[O-].CCCCCCC(=O)CCCCCCCCCCC(=O)[O-].[Zn+2]. The summed E-state index contributed by atoms with van der Waals surface area (Å²) in [5.74, 6) is -0.995. The second-order valence-corrected chi connectivity index (χ2v) is 12.1. The minimum Gasteiger partial charge on any atom is -0.550 e. The van der Waals surface area contributed by atoms with Gasteiger partial charge in [-0.25, -0.2) is 0 Å². The average Bonchev–Trinajstić information content (AvgIpc) is 2.95. The summed E-state index contributed by atoms with van der Waals surface area (Å²) >= 11 is 0. The Morgan fingerprint density at radius 2 is 0.512 bits per heavy atom. The van der Waals surface area contributed by atoms with Gasteiger partial charge in [-0.2, -0.15) is 0 Å². The number of carboxylic acids is 2. The van der Waals surface area contributed by atoms with Gasteiger partial charge >= 0.3 is 19.5 Å². The van der Waals surface area contributed by atoms with E-state index in [1.807, 2.05) is 0 Å². The number of Topliss-reactive ketones (excluding diaryl/α,β-unsaturated/α-hetero) is 2. The van der Waals surface area contributed by atoms with Crippen molar-refractivity contribution >= 4 is 23.5 Å². The summed E-state index contributed by atoms with van der Waals surface area (Å²) in [4.78, 5) is 43.7. The Hall–Kier alpha value is -1.10. The van der Waals surface area contributed by atoms with Crippen LogP contribution < -0.4 is 10.2 Å². The Kier molecular flexibility index (Phi) is 41.9. The molecule has 0 rings (SSSR count). The van der Waals surface area contributed by atoms with Gasteiger partial charge < -0.3 is 19.8 Å². The molecule has 0 atom stereocenters. The smallest absolute Gasteiger partial charge is 0.550 e. The van der Waals surface area contributed by atoms with E-state index in [2.05, 4.69) is 13.8 Å². The number of aliphatic carboxylic acids is 2. The van der Waals surface area contributed by atoms with Crippen LogP contribution in [0, 0.1) is 0 Å². The molecule has 0 spiro atoms.